The number of rotatable bonds is 5. The van der Waals surface area contributed by atoms with Gasteiger partial charge in [-0.3, -0.25) is 4.79 Å². The first-order valence-electron chi connectivity index (χ1n) is 9.95. The quantitative estimate of drug-likeness (QED) is 0.734. The number of benzene rings is 2. The number of hydrogen-bond acceptors (Lipinski definition) is 2. The van der Waals surface area contributed by atoms with E-state index in [1.807, 2.05) is 18.2 Å². The molecule has 1 fully saturated rings. The van der Waals surface area contributed by atoms with Crippen molar-refractivity contribution in [1.82, 2.24) is 10.2 Å². The molecule has 1 unspecified atom stereocenters. The zero-order valence-corrected chi connectivity index (χ0v) is 16.7. The molecule has 1 saturated carbocycles. The lowest BCUT2D eigenvalue weighted by molar-refractivity contribution is -0.137. The zero-order chi connectivity index (χ0) is 21.0. The van der Waals surface area contributed by atoms with E-state index >= 15 is 0 Å². The molecule has 156 valence electrons. The third-order valence-corrected chi connectivity index (χ3v) is 5.70. The monoisotopic (exact) mass is 404 g/mol. The van der Waals surface area contributed by atoms with Gasteiger partial charge in [0.2, 0.25) is 0 Å². The van der Waals surface area contributed by atoms with Crippen molar-refractivity contribution in [3.8, 4) is 0 Å². The minimum Gasteiger partial charge on any atom is -0.349 e. The molecule has 6 heteroatoms. The Morgan fingerprint density at radius 3 is 2.24 bits per heavy atom. The van der Waals surface area contributed by atoms with Crippen LogP contribution in [0.1, 0.15) is 53.2 Å². The number of halogens is 3. The second-order valence-corrected chi connectivity index (χ2v) is 7.98. The smallest absolute Gasteiger partial charge is 0.349 e. The van der Waals surface area contributed by atoms with Gasteiger partial charge < -0.3 is 10.2 Å². The van der Waals surface area contributed by atoms with Crippen molar-refractivity contribution >= 4 is 5.91 Å². The van der Waals surface area contributed by atoms with Crippen LogP contribution in [0.3, 0.4) is 0 Å². The van der Waals surface area contributed by atoms with Crippen LogP contribution in [-0.2, 0) is 6.18 Å². The van der Waals surface area contributed by atoms with Gasteiger partial charge in [-0.05, 0) is 69.5 Å². The molecule has 0 aliphatic heterocycles. The first-order chi connectivity index (χ1) is 13.8. The maximum atomic E-state index is 12.9. The highest BCUT2D eigenvalue weighted by atomic mass is 19.4. The lowest BCUT2D eigenvalue weighted by atomic mass is 9.78. The van der Waals surface area contributed by atoms with E-state index in [1.165, 1.54) is 17.7 Å². The van der Waals surface area contributed by atoms with Crippen molar-refractivity contribution in [2.45, 2.75) is 43.9 Å². The normalized spacial score (nSPS) is 21.0. The van der Waals surface area contributed by atoms with Crippen LogP contribution in [-0.4, -0.2) is 30.9 Å². The van der Waals surface area contributed by atoms with Crippen molar-refractivity contribution in [2.75, 3.05) is 14.1 Å². The van der Waals surface area contributed by atoms with Gasteiger partial charge in [0.15, 0.2) is 0 Å². The van der Waals surface area contributed by atoms with Crippen LogP contribution in [0.15, 0.2) is 54.6 Å². The molecule has 0 radical (unpaired) electrons. The van der Waals surface area contributed by atoms with E-state index in [2.05, 4.69) is 36.4 Å². The summed E-state index contributed by atoms with van der Waals surface area (Å²) in [4.78, 5) is 14.7. The molecule has 0 spiro atoms. The van der Waals surface area contributed by atoms with E-state index < -0.39 is 17.6 Å². The minimum absolute atomic E-state index is 0.00752. The molecular weight excluding hydrogens is 377 g/mol. The Balaban J connectivity index is 1.60. The molecular formula is C23H27F3N2O. The van der Waals surface area contributed by atoms with Crippen LogP contribution in [0.25, 0.3) is 0 Å². The molecule has 3 rings (SSSR count). The largest absolute Gasteiger partial charge is 0.416 e. The first-order valence-corrected chi connectivity index (χ1v) is 9.95. The van der Waals surface area contributed by atoms with Gasteiger partial charge in [-0.2, -0.15) is 13.2 Å². The van der Waals surface area contributed by atoms with Crippen LogP contribution in [0.2, 0.25) is 0 Å². The molecule has 0 aromatic heterocycles. The molecule has 0 bridgehead atoms. The van der Waals surface area contributed by atoms with Gasteiger partial charge in [0, 0.05) is 17.6 Å². The van der Waals surface area contributed by atoms with Crippen LogP contribution in [0, 0.1) is 5.92 Å². The van der Waals surface area contributed by atoms with E-state index in [0.717, 1.165) is 37.8 Å². The molecule has 1 atom stereocenters. The molecule has 2 aromatic carbocycles. The zero-order valence-electron chi connectivity index (χ0n) is 16.7. The second-order valence-electron chi connectivity index (χ2n) is 7.98. The highest BCUT2D eigenvalue weighted by Crippen LogP contribution is 2.37. The molecule has 0 heterocycles. The number of nitrogens with zero attached hydrogens (tertiary/aromatic N) is 1. The van der Waals surface area contributed by atoms with Gasteiger partial charge in [0.1, 0.15) is 0 Å². The summed E-state index contributed by atoms with van der Waals surface area (Å²) in [5.41, 5.74) is 0.539. The van der Waals surface area contributed by atoms with Gasteiger partial charge in [-0.15, -0.1) is 0 Å². The summed E-state index contributed by atoms with van der Waals surface area (Å²) in [5, 5.41) is 2.92. The highest BCUT2D eigenvalue weighted by Gasteiger charge is 2.32. The molecule has 0 saturated heterocycles. The third-order valence-electron chi connectivity index (χ3n) is 5.70. The molecule has 1 aliphatic rings. The van der Waals surface area contributed by atoms with Crippen LogP contribution in [0.4, 0.5) is 13.2 Å². The average molecular weight is 404 g/mol. The van der Waals surface area contributed by atoms with Crippen LogP contribution < -0.4 is 5.32 Å². The molecule has 1 amide bonds. The number of nitrogens with one attached hydrogen (secondary N) is 1. The van der Waals surface area contributed by atoms with Crippen LogP contribution >= 0.6 is 0 Å². The Kier molecular flexibility index (Phi) is 6.63. The van der Waals surface area contributed by atoms with E-state index in [9.17, 15) is 18.0 Å². The Hall–Kier alpha value is -2.34. The fraction of sp³-hybridized carbons (Fsp3) is 0.435. The fourth-order valence-electron chi connectivity index (χ4n) is 4.33. The number of alkyl halides is 3. The molecule has 3 nitrogen and oxygen atoms in total. The summed E-state index contributed by atoms with van der Waals surface area (Å²) < 4.78 is 38.6. The van der Waals surface area contributed by atoms with Gasteiger partial charge >= 0.3 is 6.18 Å². The van der Waals surface area contributed by atoms with Gasteiger partial charge in [-0.25, -0.2) is 0 Å². The maximum absolute atomic E-state index is 12.9. The molecule has 1 aliphatic carbocycles. The number of amides is 1. The van der Waals surface area contributed by atoms with Crippen molar-refractivity contribution in [3.05, 3.63) is 71.3 Å². The number of hydrogen-bond donors (Lipinski definition) is 1. The molecule has 2 aromatic rings. The topological polar surface area (TPSA) is 32.3 Å². The summed E-state index contributed by atoms with van der Waals surface area (Å²) in [6.07, 6.45) is -0.872. The lowest BCUT2D eigenvalue weighted by Crippen LogP contribution is -2.40. The summed E-state index contributed by atoms with van der Waals surface area (Å²) in [5.74, 6) is 0.0425. The fourth-order valence-corrected chi connectivity index (χ4v) is 4.33. The van der Waals surface area contributed by atoms with Gasteiger partial charge in [-0.1, -0.05) is 36.4 Å². The van der Waals surface area contributed by atoms with Crippen molar-refractivity contribution in [3.63, 3.8) is 0 Å². The van der Waals surface area contributed by atoms with Gasteiger partial charge in [0.05, 0.1) is 5.56 Å². The maximum Gasteiger partial charge on any atom is 0.416 e. The number of carbonyl (C=O) groups is 1. The number of carbonyl (C=O) groups excluding carboxylic acids is 1. The molecule has 29 heavy (non-hydrogen) atoms. The van der Waals surface area contributed by atoms with E-state index in [-0.39, 0.29) is 11.6 Å². The lowest BCUT2D eigenvalue weighted by Gasteiger charge is -2.37. The Morgan fingerprint density at radius 2 is 1.66 bits per heavy atom. The van der Waals surface area contributed by atoms with E-state index in [4.69, 9.17) is 0 Å². The Morgan fingerprint density at radius 1 is 1.00 bits per heavy atom. The minimum atomic E-state index is -4.45. The summed E-state index contributed by atoms with van der Waals surface area (Å²) in [6.45, 7) is 0. The third kappa shape index (κ3) is 5.38. The second kappa shape index (κ2) is 8.99. The molecule has 1 N–H and O–H groups in total. The van der Waals surface area contributed by atoms with E-state index in [1.54, 1.807) is 0 Å². The predicted octanol–water partition coefficient (Wildman–Crippen LogP) is 5.30. The average Bonchev–Trinajstić information content (AvgIpc) is 2.69. The van der Waals surface area contributed by atoms with Crippen LogP contribution in [0.5, 0.6) is 0 Å². The Bertz CT molecular complexity index is 812. The summed E-state index contributed by atoms with van der Waals surface area (Å²) in [7, 11) is 4.17. The predicted molar refractivity (Wildman–Crippen MR) is 108 cm³/mol. The van der Waals surface area contributed by atoms with Crippen molar-refractivity contribution < 1.29 is 18.0 Å². The van der Waals surface area contributed by atoms with Gasteiger partial charge in [0.25, 0.3) is 5.91 Å². The summed E-state index contributed by atoms with van der Waals surface area (Å²) in [6, 6.07) is 15.3. The standard InChI is InChI=1S/C23H27F3N2O/c1-28(2)21(16-7-4-3-5-8-16)17-11-13-20(14-12-17)27-22(29)18-9-6-10-19(15-18)23(24,25)26/h3-10,15,17,20-21H,11-14H2,1-2H3,(H,27,29). The van der Waals surface area contributed by atoms with Crippen molar-refractivity contribution in [2.24, 2.45) is 5.92 Å². The SMILES string of the molecule is CN(C)C(c1ccccc1)C1CCC(NC(=O)c2cccc(C(F)(F)F)c2)CC1. The van der Waals surface area contributed by atoms with Crippen molar-refractivity contribution in [1.29, 1.82) is 0 Å². The van der Waals surface area contributed by atoms with E-state index in [0.29, 0.717) is 12.0 Å². The first kappa shape index (κ1) is 21.4. The highest BCUT2D eigenvalue weighted by molar-refractivity contribution is 5.94. The summed E-state index contributed by atoms with van der Waals surface area (Å²) >= 11 is 0. The Labute approximate surface area is 169 Å².